The maximum atomic E-state index is 8.64. The molecular formula is C11H15N3O. The summed E-state index contributed by atoms with van der Waals surface area (Å²) in [6.45, 7) is 1.15. The van der Waals surface area contributed by atoms with Gasteiger partial charge in [-0.2, -0.15) is 5.10 Å². The molecule has 80 valence electrons. The van der Waals surface area contributed by atoms with Gasteiger partial charge in [0.05, 0.1) is 11.7 Å². The molecule has 0 atom stereocenters. The van der Waals surface area contributed by atoms with E-state index in [1.807, 2.05) is 24.4 Å². The molecule has 2 aromatic rings. The molecule has 4 nitrogen and oxygen atoms in total. The average molecular weight is 205 g/mol. The maximum Gasteiger partial charge on any atom is 0.0670 e. The highest BCUT2D eigenvalue weighted by Crippen LogP contribution is 2.16. The van der Waals surface area contributed by atoms with Crippen molar-refractivity contribution < 1.29 is 5.11 Å². The molecular weight excluding hydrogens is 190 g/mol. The summed E-state index contributed by atoms with van der Waals surface area (Å²) in [6.07, 6.45) is 3.64. The quantitative estimate of drug-likeness (QED) is 0.652. The molecule has 1 aromatic carbocycles. The number of fused-ring (bicyclic) bond motifs is 1. The van der Waals surface area contributed by atoms with Crippen molar-refractivity contribution in [3.63, 3.8) is 0 Å². The van der Waals surface area contributed by atoms with Crippen LogP contribution in [0.4, 0.5) is 5.69 Å². The first-order valence-corrected chi connectivity index (χ1v) is 5.18. The van der Waals surface area contributed by atoms with Crippen LogP contribution in [-0.4, -0.2) is 28.5 Å². The second kappa shape index (κ2) is 4.79. The van der Waals surface area contributed by atoms with Crippen molar-refractivity contribution in [3.05, 3.63) is 24.4 Å². The van der Waals surface area contributed by atoms with Crippen LogP contribution in [0.15, 0.2) is 24.4 Å². The minimum Gasteiger partial charge on any atom is -0.396 e. The Kier molecular flexibility index (Phi) is 3.19. The summed E-state index contributed by atoms with van der Waals surface area (Å²) >= 11 is 0. The van der Waals surface area contributed by atoms with Crippen LogP contribution in [0.1, 0.15) is 12.8 Å². The number of benzene rings is 1. The van der Waals surface area contributed by atoms with E-state index in [1.54, 1.807) is 0 Å². The molecule has 0 bridgehead atoms. The van der Waals surface area contributed by atoms with Gasteiger partial charge in [-0.3, -0.25) is 5.10 Å². The lowest BCUT2D eigenvalue weighted by atomic mass is 10.2. The first kappa shape index (κ1) is 9.98. The fourth-order valence-electron chi connectivity index (χ4n) is 1.52. The van der Waals surface area contributed by atoms with Gasteiger partial charge in [0.2, 0.25) is 0 Å². The second-order valence-electron chi connectivity index (χ2n) is 3.53. The van der Waals surface area contributed by atoms with Crippen LogP contribution < -0.4 is 5.32 Å². The summed E-state index contributed by atoms with van der Waals surface area (Å²) in [6, 6.07) is 6.12. The van der Waals surface area contributed by atoms with Crippen LogP contribution in [0.5, 0.6) is 0 Å². The van der Waals surface area contributed by atoms with Gasteiger partial charge in [0, 0.05) is 24.2 Å². The van der Waals surface area contributed by atoms with E-state index in [9.17, 15) is 0 Å². The summed E-state index contributed by atoms with van der Waals surface area (Å²) < 4.78 is 0. The van der Waals surface area contributed by atoms with Gasteiger partial charge in [-0.15, -0.1) is 0 Å². The number of aromatic amines is 1. The Bertz CT molecular complexity index is 424. The Morgan fingerprint density at radius 3 is 3.13 bits per heavy atom. The third kappa shape index (κ3) is 2.47. The van der Waals surface area contributed by atoms with Gasteiger partial charge in [0.1, 0.15) is 0 Å². The van der Waals surface area contributed by atoms with E-state index in [0.29, 0.717) is 0 Å². The molecule has 0 saturated carbocycles. The molecule has 4 heteroatoms. The van der Waals surface area contributed by atoms with E-state index in [4.69, 9.17) is 5.11 Å². The molecule has 0 fully saturated rings. The maximum absolute atomic E-state index is 8.64. The van der Waals surface area contributed by atoms with Crippen LogP contribution in [0.2, 0.25) is 0 Å². The number of hydrogen-bond acceptors (Lipinski definition) is 3. The number of anilines is 1. The zero-order chi connectivity index (χ0) is 10.5. The summed E-state index contributed by atoms with van der Waals surface area (Å²) in [5, 5.41) is 20.0. The number of unbranched alkanes of at least 4 members (excludes halogenated alkanes) is 1. The molecule has 0 spiro atoms. The number of aliphatic hydroxyl groups is 1. The van der Waals surface area contributed by atoms with Crippen molar-refractivity contribution in [2.45, 2.75) is 12.8 Å². The predicted molar refractivity (Wildman–Crippen MR) is 60.9 cm³/mol. The van der Waals surface area contributed by atoms with Crippen LogP contribution >= 0.6 is 0 Å². The van der Waals surface area contributed by atoms with E-state index in [-0.39, 0.29) is 6.61 Å². The van der Waals surface area contributed by atoms with Gasteiger partial charge < -0.3 is 10.4 Å². The van der Waals surface area contributed by atoms with Crippen LogP contribution in [0.3, 0.4) is 0 Å². The Morgan fingerprint density at radius 2 is 2.27 bits per heavy atom. The normalized spacial score (nSPS) is 10.7. The largest absolute Gasteiger partial charge is 0.396 e. The monoisotopic (exact) mass is 205 g/mol. The van der Waals surface area contributed by atoms with Gasteiger partial charge in [-0.25, -0.2) is 0 Å². The van der Waals surface area contributed by atoms with Gasteiger partial charge in [-0.1, -0.05) is 0 Å². The zero-order valence-electron chi connectivity index (χ0n) is 8.53. The van der Waals surface area contributed by atoms with Gasteiger partial charge >= 0.3 is 0 Å². The standard InChI is InChI=1S/C11H15N3O/c15-6-2-1-5-12-10-4-3-9-8-13-14-11(9)7-10/h3-4,7-8,12,15H,1-2,5-6H2,(H,13,14). The molecule has 0 unspecified atom stereocenters. The van der Waals surface area contributed by atoms with Gasteiger partial charge in [0.15, 0.2) is 0 Å². The third-order valence-electron chi connectivity index (χ3n) is 2.36. The van der Waals surface area contributed by atoms with Crippen molar-refractivity contribution in [2.24, 2.45) is 0 Å². The minimum absolute atomic E-state index is 0.265. The minimum atomic E-state index is 0.265. The Hall–Kier alpha value is -1.55. The Balaban J connectivity index is 1.96. The lowest BCUT2D eigenvalue weighted by Gasteiger charge is -2.05. The highest BCUT2D eigenvalue weighted by molar-refractivity contribution is 5.81. The fourth-order valence-corrected chi connectivity index (χ4v) is 1.52. The highest BCUT2D eigenvalue weighted by Gasteiger charge is 1.96. The molecule has 3 N–H and O–H groups in total. The first-order valence-electron chi connectivity index (χ1n) is 5.18. The molecule has 15 heavy (non-hydrogen) atoms. The molecule has 2 rings (SSSR count). The van der Waals surface area contributed by atoms with Crippen molar-refractivity contribution in [1.82, 2.24) is 10.2 Å². The van der Waals surface area contributed by atoms with E-state index in [0.717, 1.165) is 36.0 Å². The lowest BCUT2D eigenvalue weighted by Crippen LogP contribution is -2.01. The van der Waals surface area contributed by atoms with Crippen LogP contribution in [0, 0.1) is 0 Å². The average Bonchev–Trinajstić information content (AvgIpc) is 2.71. The number of nitrogens with one attached hydrogen (secondary N) is 2. The van der Waals surface area contributed by atoms with Crippen molar-refractivity contribution in [3.8, 4) is 0 Å². The predicted octanol–water partition coefficient (Wildman–Crippen LogP) is 1.75. The molecule has 0 aliphatic carbocycles. The van der Waals surface area contributed by atoms with E-state index >= 15 is 0 Å². The number of aromatic nitrogens is 2. The van der Waals surface area contributed by atoms with Crippen LogP contribution in [0.25, 0.3) is 10.9 Å². The number of hydrogen-bond donors (Lipinski definition) is 3. The van der Waals surface area contributed by atoms with E-state index < -0.39 is 0 Å². The molecule has 0 aliphatic rings. The van der Waals surface area contributed by atoms with Gasteiger partial charge in [-0.05, 0) is 31.0 Å². The fraction of sp³-hybridized carbons (Fsp3) is 0.364. The highest BCUT2D eigenvalue weighted by atomic mass is 16.2. The summed E-state index contributed by atoms with van der Waals surface area (Å²) in [7, 11) is 0. The smallest absolute Gasteiger partial charge is 0.0670 e. The van der Waals surface area contributed by atoms with Crippen LogP contribution in [-0.2, 0) is 0 Å². The second-order valence-corrected chi connectivity index (χ2v) is 3.53. The van der Waals surface area contributed by atoms with E-state index in [2.05, 4.69) is 15.5 Å². The number of H-pyrrole nitrogens is 1. The number of nitrogens with zero attached hydrogens (tertiary/aromatic N) is 1. The molecule has 0 aliphatic heterocycles. The summed E-state index contributed by atoms with van der Waals surface area (Å²) in [4.78, 5) is 0. The zero-order valence-corrected chi connectivity index (χ0v) is 8.53. The first-order chi connectivity index (χ1) is 7.40. The van der Waals surface area contributed by atoms with Crippen molar-refractivity contribution in [2.75, 3.05) is 18.5 Å². The molecule has 0 radical (unpaired) electrons. The molecule has 0 saturated heterocycles. The summed E-state index contributed by atoms with van der Waals surface area (Å²) in [5.41, 5.74) is 2.13. The molecule has 1 aromatic heterocycles. The van der Waals surface area contributed by atoms with Gasteiger partial charge in [0.25, 0.3) is 0 Å². The lowest BCUT2D eigenvalue weighted by molar-refractivity contribution is 0.286. The SMILES string of the molecule is OCCCCNc1ccc2cn[nH]c2c1. The topological polar surface area (TPSA) is 60.9 Å². The van der Waals surface area contributed by atoms with Crippen molar-refractivity contribution >= 4 is 16.6 Å². The molecule has 0 amide bonds. The Morgan fingerprint density at radius 1 is 1.33 bits per heavy atom. The van der Waals surface area contributed by atoms with Crippen molar-refractivity contribution in [1.29, 1.82) is 0 Å². The third-order valence-corrected chi connectivity index (χ3v) is 2.36. The number of aliphatic hydroxyl groups excluding tert-OH is 1. The Labute approximate surface area is 88.3 Å². The summed E-state index contributed by atoms with van der Waals surface area (Å²) in [5.74, 6) is 0. The van der Waals surface area contributed by atoms with E-state index in [1.165, 1.54) is 0 Å². The molecule has 1 heterocycles. The number of rotatable bonds is 5.